The number of likely N-dealkylation sites (N-methyl/N-ethyl adjacent to an activating group) is 1. The van der Waals surface area contributed by atoms with Gasteiger partial charge in [-0.1, -0.05) is 6.92 Å². The van der Waals surface area contributed by atoms with Crippen LogP contribution in [0, 0.1) is 0 Å². The van der Waals surface area contributed by atoms with Gasteiger partial charge in [0, 0.05) is 13.1 Å². The minimum atomic E-state index is -0.302. The highest BCUT2D eigenvalue weighted by atomic mass is 16.2. The zero-order valence-electron chi connectivity index (χ0n) is 10.3. The van der Waals surface area contributed by atoms with Gasteiger partial charge in [0.25, 0.3) is 0 Å². The molecule has 0 bridgehead atoms. The highest BCUT2D eigenvalue weighted by Crippen LogP contribution is 2.21. The average molecular weight is 212 g/mol. The van der Waals surface area contributed by atoms with Crippen LogP contribution in [-0.2, 0) is 4.79 Å². The van der Waals surface area contributed by atoms with Crippen molar-refractivity contribution in [2.75, 3.05) is 19.6 Å². The van der Waals surface area contributed by atoms with E-state index in [1.54, 1.807) is 0 Å². The van der Waals surface area contributed by atoms with E-state index in [1.165, 1.54) is 12.8 Å². The molecule has 1 aliphatic rings. The van der Waals surface area contributed by atoms with Crippen LogP contribution >= 0.6 is 0 Å². The summed E-state index contributed by atoms with van der Waals surface area (Å²) in [5.41, 5.74) is -0.302. The molecule has 3 nitrogen and oxygen atoms in total. The van der Waals surface area contributed by atoms with Gasteiger partial charge in [-0.15, -0.1) is 0 Å². The van der Waals surface area contributed by atoms with Crippen molar-refractivity contribution in [1.82, 2.24) is 10.2 Å². The molecule has 1 saturated heterocycles. The summed E-state index contributed by atoms with van der Waals surface area (Å²) in [5, 5.41) is 3.38. The SMILES string of the molecule is CCCN(CC)C(=O)C1(C)CCCCN1. The fourth-order valence-electron chi connectivity index (χ4n) is 2.26. The number of nitrogens with one attached hydrogen (secondary N) is 1. The minimum Gasteiger partial charge on any atom is -0.341 e. The van der Waals surface area contributed by atoms with E-state index in [-0.39, 0.29) is 11.4 Å². The third-order valence-electron chi connectivity index (χ3n) is 3.25. The standard InChI is InChI=1S/C12H24N2O/c1-4-10-14(5-2)11(15)12(3)8-6-7-9-13-12/h13H,4-10H2,1-3H3. The summed E-state index contributed by atoms with van der Waals surface area (Å²) in [6, 6.07) is 0. The number of carbonyl (C=O) groups excluding carboxylic acids is 1. The van der Waals surface area contributed by atoms with Gasteiger partial charge in [-0.3, -0.25) is 4.79 Å². The number of hydrogen-bond donors (Lipinski definition) is 1. The van der Waals surface area contributed by atoms with Gasteiger partial charge in [-0.25, -0.2) is 0 Å². The lowest BCUT2D eigenvalue weighted by Crippen LogP contribution is -2.58. The quantitative estimate of drug-likeness (QED) is 0.770. The molecule has 1 rings (SSSR count). The van der Waals surface area contributed by atoms with E-state index in [4.69, 9.17) is 0 Å². The molecule has 1 fully saturated rings. The molecule has 88 valence electrons. The van der Waals surface area contributed by atoms with Gasteiger partial charge in [0.1, 0.15) is 0 Å². The van der Waals surface area contributed by atoms with E-state index in [1.807, 2.05) is 11.8 Å². The van der Waals surface area contributed by atoms with E-state index < -0.39 is 0 Å². The largest absolute Gasteiger partial charge is 0.341 e. The lowest BCUT2D eigenvalue weighted by molar-refractivity contribution is -0.138. The summed E-state index contributed by atoms with van der Waals surface area (Å²) in [6.07, 6.45) is 4.38. The fourth-order valence-corrected chi connectivity index (χ4v) is 2.26. The maximum Gasteiger partial charge on any atom is 0.242 e. The number of carbonyl (C=O) groups is 1. The molecular formula is C12H24N2O. The van der Waals surface area contributed by atoms with Crippen LogP contribution in [0.3, 0.4) is 0 Å². The van der Waals surface area contributed by atoms with Crippen LogP contribution in [0.1, 0.15) is 46.5 Å². The Morgan fingerprint density at radius 2 is 2.13 bits per heavy atom. The zero-order valence-corrected chi connectivity index (χ0v) is 10.3. The maximum atomic E-state index is 12.3. The molecule has 1 heterocycles. The van der Waals surface area contributed by atoms with Crippen LogP contribution in [0.2, 0.25) is 0 Å². The van der Waals surface area contributed by atoms with Crippen molar-refractivity contribution in [3.63, 3.8) is 0 Å². The molecule has 15 heavy (non-hydrogen) atoms. The lowest BCUT2D eigenvalue weighted by Gasteiger charge is -2.37. The van der Waals surface area contributed by atoms with Crippen molar-refractivity contribution in [2.24, 2.45) is 0 Å². The van der Waals surface area contributed by atoms with Gasteiger partial charge >= 0.3 is 0 Å². The number of piperidine rings is 1. The van der Waals surface area contributed by atoms with Crippen molar-refractivity contribution in [3.8, 4) is 0 Å². The molecule has 0 radical (unpaired) electrons. The highest BCUT2D eigenvalue weighted by molar-refractivity contribution is 5.86. The fraction of sp³-hybridized carbons (Fsp3) is 0.917. The van der Waals surface area contributed by atoms with Crippen LogP contribution in [0.15, 0.2) is 0 Å². The van der Waals surface area contributed by atoms with E-state index in [0.717, 1.165) is 32.5 Å². The Bertz CT molecular complexity index is 210. The number of nitrogens with zero attached hydrogens (tertiary/aromatic N) is 1. The van der Waals surface area contributed by atoms with Crippen LogP contribution in [-0.4, -0.2) is 36.0 Å². The molecular weight excluding hydrogens is 188 g/mol. The van der Waals surface area contributed by atoms with Gasteiger partial charge in [0.05, 0.1) is 5.54 Å². The third-order valence-corrected chi connectivity index (χ3v) is 3.25. The summed E-state index contributed by atoms with van der Waals surface area (Å²) in [6.45, 7) is 8.90. The van der Waals surface area contributed by atoms with Crippen molar-refractivity contribution < 1.29 is 4.79 Å². The summed E-state index contributed by atoms with van der Waals surface area (Å²) in [4.78, 5) is 14.3. The van der Waals surface area contributed by atoms with Crippen molar-refractivity contribution >= 4 is 5.91 Å². The Morgan fingerprint density at radius 1 is 1.40 bits per heavy atom. The summed E-state index contributed by atoms with van der Waals surface area (Å²) in [5.74, 6) is 0.284. The molecule has 0 aliphatic carbocycles. The maximum absolute atomic E-state index is 12.3. The predicted octanol–water partition coefficient (Wildman–Crippen LogP) is 1.78. The molecule has 1 aliphatic heterocycles. The van der Waals surface area contributed by atoms with Gasteiger partial charge < -0.3 is 10.2 Å². The molecule has 1 unspecified atom stereocenters. The van der Waals surface area contributed by atoms with Gasteiger partial charge in [0.15, 0.2) is 0 Å². The smallest absolute Gasteiger partial charge is 0.242 e. The molecule has 0 aromatic rings. The van der Waals surface area contributed by atoms with E-state index >= 15 is 0 Å². The number of hydrogen-bond acceptors (Lipinski definition) is 2. The van der Waals surface area contributed by atoms with Crippen molar-refractivity contribution in [1.29, 1.82) is 0 Å². The molecule has 1 atom stereocenters. The first-order valence-corrected chi connectivity index (χ1v) is 6.18. The Morgan fingerprint density at radius 3 is 2.60 bits per heavy atom. The summed E-state index contributed by atoms with van der Waals surface area (Å²) in [7, 11) is 0. The molecule has 3 heteroatoms. The second kappa shape index (κ2) is 5.50. The van der Waals surface area contributed by atoms with Crippen LogP contribution in [0.25, 0.3) is 0 Å². The number of amides is 1. The van der Waals surface area contributed by atoms with Crippen molar-refractivity contribution in [3.05, 3.63) is 0 Å². The van der Waals surface area contributed by atoms with E-state index in [0.29, 0.717) is 0 Å². The highest BCUT2D eigenvalue weighted by Gasteiger charge is 2.36. The Kier molecular flexibility index (Phi) is 4.58. The Balaban J connectivity index is 2.62. The van der Waals surface area contributed by atoms with Gasteiger partial charge in [-0.2, -0.15) is 0 Å². The van der Waals surface area contributed by atoms with Crippen LogP contribution in [0.4, 0.5) is 0 Å². The van der Waals surface area contributed by atoms with Crippen LogP contribution in [0.5, 0.6) is 0 Å². The minimum absolute atomic E-state index is 0.284. The zero-order chi connectivity index (χ0) is 11.3. The monoisotopic (exact) mass is 212 g/mol. The normalized spacial score (nSPS) is 26.3. The average Bonchev–Trinajstić information content (AvgIpc) is 2.26. The first-order chi connectivity index (χ1) is 7.14. The summed E-state index contributed by atoms with van der Waals surface area (Å²) < 4.78 is 0. The Labute approximate surface area is 93.2 Å². The first kappa shape index (κ1) is 12.5. The van der Waals surface area contributed by atoms with Crippen LogP contribution < -0.4 is 5.32 Å². The van der Waals surface area contributed by atoms with Gasteiger partial charge in [-0.05, 0) is 46.1 Å². The van der Waals surface area contributed by atoms with E-state index in [2.05, 4.69) is 19.2 Å². The Hall–Kier alpha value is -0.570. The van der Waals surface area contributed by atoms with Crippen molar-refractivity contribution in [2.45, 2.75) is 52.0 Å². The molecule has 1 amide bonds. The molecule has 1 N–H and O–H groups in total. The second-order valence-electron chi connectivity index (χ2n) is 4.60. The number of rotatable bonds is 4. The topological polar surface area (TPSA) is 32.3 Å². The van der Waals surface area contributed by atoms with Gasteiger partial charge in [0.2, 0.25) is 5.91 Å². The molecule has 0 saturated carbocycles. The first-order valence-electron chi connectivity index (χ1n) is 6.18. The second-order valence-corrected chi connectivity index (χ2v) is 4.60. The van der Waals surface area contributed by atoms with E-state index in [9.17, 15) is 4.79 Å². The predicted molar refractivity (Wildman–Crippen MR) is 62.8 cm³/mol. The molecule has 0 aromatic heterocycles. The molecule has 0 spiro atoms. The molecule has 0 aromatic carbocycles. The lowest BCUT2D eigenvalue weighted by atomic mass is 9.89. The summed E-state index contributed by atoms with van der Waals surface area (Å²) >= 11 is 0. The third kappa shape index (κ3) is 2.94.